The van der Waals surface area contributed by atoms with Gasteiger partial charge in [-0.2, -0.15) is 0 Å². The fraction of sp³-hybridized carbons (Fsp3) is 0.0667. The lowest BCUT2D eigenvalue weighted by Gasteiger charge is -2.08. The van der Waals surface area contributed by atoms with Crippen LogP contribution in [0.15, 0.2) is 40.9 Å². The minimum absolute atomic E-state index is 0.0834. The first-order chi connectivity index (χ1) is 9.88. The molecule has 0 heterocycles. The van der Waals surface area contributed by atoms with Crippen molar-refractivity contribution in [3.8, 4) is 0 Å². The van der Waals surface area contributed by atoms with E-state index in [9.17, 15) is 9.59 Å². The topological polar surface area (TPSA) is 66.4 Å². The summed E-state index contributed by atoms with van der Waals surface area (Å²) in [5.41, 5.74) is 1.75. The molecule has 2 rings (SSSR count). The van der Waals surface area contributed by atoms with Crippen molar-refractivity contribution in [2.75, 3.05) is 5.32 Å². The number of carbonyl (C=O) groups excluding carboxylic acids is 1. The minimum Gasteiger partial charge on any atom is -0.478 e. The number of anilines is 1. The van der Waals surface area contributed by atoms with Crippen LogP contribution in [0.1, 0.15) is 26.3 Å². The van der Waals surface area contributed by atoms with Gasteiger partial charge in [0.2, 0.25) is 0 Å². The lowest BCUT2D eigenvalue weighted by atomic mass is 10.1. The zero-order valence-corrected chi connectivity index (χ0v) is 13.3. The molecule has 108 valence electrons. The summed E-state index contributed by atoms with van der Waals surface area (Å²) >= 11 is 9.07. The van der Waals surface area contributed by atoms with Gasteiger partial charge in [0, 0.05) is 20.7 Å². The first-order valence-electron chi connectivity index (χ1n) is 5.99. The van der Waals surface area contributed by atoms with E-state index in [1.807, 2.05) is 0 Å². The van der Waals surface area contributed by atoms with Gasteiger partial charge in [0.15, 0.2) is 0 Å². The summed E-state index contributed by atoms with van der Waals surface area (Å²) in [7, 11) is 0. The predicted molar refractivity (Wildman–Crippen MR) is 85.2 cm³/mol. The zero-order valence-electron chi connectivity index (χ0n) is 11.0. The molecular formula is C15H11BrClNO3. The van der Waals surface area contributed by atoms with Gasteiger partial charge < -0.3 is 10.4 Å². The third-order valence-corrected chi connectivity index (χ3v) is 3.99. The van der Waals surface area contributed by atoms with Crippen molar-refractivity contribution in [2.24, 2.45) is 0 Å². The number of nitrogens with one attached hydrogen (secondary N) is 1. The van der Waals surface area contributed by atoms with Crippen molar-refractivity contribution < 1.29 is 14.7 Å². The molecule has 0 saturated heterocycles. The van der Waals surface area contributed by atoms with Crippen LogP contribution in [0, 0.1) is 6.92 Å². The summed E-state index contributed by atoms with van der Waals surface area (Å²) < 4.78 is 0.454. The van der Waals surface area contributed by atoms with E-state index in [0.29, 0.717) is 20.7 Å². The molecule has 0 aliphatic rings. The minimum atomic E-state index is -1.07. The maximum atomic E-state index is 12.1. The monoisotopic (exact) mass is 367 g/mol. The summed E-state index contributed by atoms with van der Waals surface area (Å²) in [6.45, 7) is 1.81. The van der Waals surface area contributed by atoms with Gasteiger partial charge in [0.25, 0.3) is 5.91 Å². The molecule has 4 nitrogen and oxygen atoms in total. The fourth-order valence-corrected chi connectivity index (χ4v) is 2.29. The molecule has 2 aromatic carbocycles. The fourth-order valence-electron chi connectivity index (χ4n) is 1.76. The largest absolute Gasteiger partial charge is 0.478 e. The molecule has 6 heteroatoms. The van der Waals surface area contributed by atoms with Crippen molar-refractivity contribution >= 4 is 45.1 Å². The maximum Gasteiger partial charge on any atom is 0.336 e. The Morgan fingerprint density at radius 2 is 1.90 bits per heavy atom. The van der Waals surface area contributed by atoms with Gasteiger partial charge in [-0.15, -0.1) is 0 Å². The van der Waals surface area contributed by atoms with Gasteiger partial charge in [0.1, 0.15) is 0 Å². The SMILES string of the molecule is Cc1cc(C(=O)Nc2ccc(Br)c(C(=O)O)c2)ccc1Cl. The second-order valence-corrected chi connectivity index (χ2v) is 5.68. The Kier molecular flexibility index (Phi) is 4.65. The number of rotatable bonds is 3. The molecule has 0 atom stereocenters. The standard InChI is InChI=1S/C15H11BrClNO3/c1-8-6-9(2-5-13(8)17)14(19)18-10-3-4-12(16)11(7-10)15(20)21/h2-7H,1H3,(H,18,19)(H,20,21). The highest BCUT2D eigenvalue weighted by atomic mass is 79.9. The van der Waals surface area contributed by atoms with E-state index in [1.54, 1.807) is 37.3 Å². The molecular weight excluding hydrogens is 358 g/mol. The van der Waals surface area contributed by atoms with E-state index < -0.39 is 5.97 Å². The maximum absolute atomic E-state index is 12.1. The highest BCUT2D eigenvalue weighted by Crippen LogP contribution is 2.22. The van der Waals surface area contributed by atoms with E-state index in [1.165, 1.54) is 6.07 Å². The molecule has 0 aliphatic carbocycles. The summed E-state index contributed by atoms with van der Waals surface area (Å²) in [5, 5.41) is 12.3. The van der Waals surface area contributed by atoms with Crippen molar-refractivity contribution in [1.29, 1.82) is 0 Å². The van der Waals surface area contributed by atoms with Gasteiger partial charge in [-0.05, 0) is 64.8 Å². The molecule has 0 spiro atoms. The second kappa shape index (κ2) is 6.28. The molecule has 0 aromatic heterocycles. The number of aryl methyl sites for hydroxylation is 1. The average molecular weight is 369 g/mol. The van der Waals surface area contributed by atoms with Crippen molar-refractivity contribution in [3.63, 3.8) is 0 Å². The number of benzene rings is 2. The van der Waals surface area contributed by atoms with Crippen LogP contribution in [0.5, 0.6) is 0 Å². The van der Waals surface area contributed by atoms with E-state index in [-0.39, 0.29) is 11.5 Å². The number of hydrogen-bond acceptors (Lipinski definition) is 2. The normalized spacial score (nSPS) is 10.2. The zero-order chi connectivity index (χ0) is 15.6. The van der Waals surface area contributed by atoms with Crippen LogP contribution in [0.2, 0.25) is 5.02 Å². The third-order valence-electron chi connectivity index (χ3n) is 2.87. The van der Waals surface area contributed by atoms with Crippen LogP contribution in [-0.4, -0.2) is 17.0 Å². The lowest BCUT2D eigenvalue weighted by Crippen LogP contribution is -2.12. The third kappa shape index (κ3) is 3.62. The predicted octanol–water partition coefficient (Wildman–Crippen LogP) is 4.36. The summed E-state index contributed by atoms with van der Waals surface area (Å²) in [5.74, 6) is -1.39. The highest BCUT2D eigenvalue weighted by molar-refractivity contribution is 9.10. The number of carboxylic acids is 1. The first kappa shape index (κ1) is 15.5. The Bertz CT molecular complexity index is 731. The Balaban J connectivity index is 2.25. The molecule has 2 N–H and O–H groups in total. The number of halogens is 2. The molecule has 21 heavy (non-hydrogen) atoms. The number of amides is 1. The van der Waals surface area contributed by atoms with Crippen LogP contribution in [0.25, 0.3) is 0 Å². The number of carbonyl (C=O) groups is 2. The van der Waals surface area contributed by atoms with E-state index >= 15 is 0 Å². The van der Waals surface area contributed by atoms with Crippen LogP contribution in [0.4, 0.5) is 5.69 Å². The number of aromatic carboxylic acids is 1. The molecule has 0 saturated carbocycles. The van der Waals surface area contributed by atoms with Crippen molar-refractivity contribution in [3.05, 3.63) is 62.6 Å². The van der Waals surface area contributed by atoms with Crippen molar-refractivity contribution in [1.82, 2.24) is 0 Å². The molecule has 2 aromatic rings. The Morgan fingerprint density at radius 3 is 2.52 bits per heavy atom. The van der Waals surface area contributed by atoms with Crippen molar-refractivity contribution in [2.45, 2.75) is 6.92 Å². The lowest BCUT2D eigenvalue weighted by molar-refractivity contribution is 0.0695. The summed E-state index contributed by atoms with van der Waals surface area (Å²) in [6, 6.07) is 9.53. The molecule has 0 radical (unpaired) electrons. The Hall–Kier alpha value is -1.85. The van der Waals surface area contributed by atoms with Crippen LogP contribution >= 0.6 is 27.5 Å². The molecule has 0 aliphatic heterocycles. The van der Waals surface area contributed by atoms with E-state index in [2.05, 4.69) is 21.2 Å². The van der Waals surface area contributed by atoms with Gasteiger partial charge >= 0.3 is 5.97 Å². The quantitative estimate of drug-likeness (QED) is 0.846. The Labute approximate surface area is 134 Å². The molecule has 1 amide bonds. The average Bonchev–Trinajstić information content (AvgIpc) is 2.43. The van der Waals surface area contributed by atoms with Crippen LogP contribution < -0.4 is 5.32 Å². The molecule has 0 unspecified atom stereocenters. The van der Waals surface area contributed by atoms with Gasteiger partial charge in [-0.1, -0.05) is 11.6 Å². The first-order valence-corrected chi connectivity index (χ1v) is 7.16. The smallest absolute Gasteiger partial charge is 0.336 e. The Morgan fingerprint density at radius 1 is 1.19 bits per heavy atom. The summed E-state index contributed by atoms with van der Waals surface area (Å²) in [6.07, 6.45) is 0. The molecule has 0 bridgehead atoms. The number of carboxylic acid groups (broad SMARTS) is 1. The highest BCUT2D eigenvalue weighted by Gasteiger charge is 2.12. The van der Waals surface area contributed by atoms with E-state index in [0.717, 1.165) is 5.56 Å². The molecule has 0 fully saturated rings. The van der Waals surface area contributed by atoms with Gasteiger partial charge in [-0.25, -0.2) is 4.79 Å². The van der Waals surface area contributed by atoms with Gasteiger partial charge in [-0.3, -0.25) is 4.79 Å². The number of hydrogen-bond donors (Lipinski definition) is 2. The van der Waals surface area contributed by atoms with Crippen LogP contribution in [-0.2, 0) is 0 Å². The van der Waals surface area contributed by atoms with Crippen LogP contribution in [0.3, 0.4) is 0 Å². The van der Waals surface area contributed by atoms with Gasteiger partial charge in [0.05, 0.1) is 5.56 Å². The second-order valence-electron chi connectivity index (χ2n) is 4.42. The summed E-state index contributed by atoms with van der Waals surface area (Å²) in [4.78, 5) is 23.2. The van der Waals surface area contributed by atoms with E-state index in [4.69, 9.17) is 16.7 Å².